The van der Waals surface area contributed by atoms with E-state index < -0.39 is 17.5 Å². The van der Waals surface area contributed by atoms with Crippen LogP contribution in [0.3, 0.4) is 0 Å². The number of rotatable bonds is 1. The number of hydrogen-bond acceptors (Lipinski definition) is 2. The second-order valence-corrected chi connectivity index (χ2v) is 4.79. The summed E-state index contributed by atoms with van der Waals surface area (Å²) in [5, 5.41) is 4.11. The predicted molar refractivity (Wildman–Crippen MR) is 65.4 cm³/mol. The topological polar surface area (TPSA) is 34.9 Å². The average Bonchev–Trinajstić information content (AvgIpc) is 2.75. The third-order valence-corrected chi connectivity index (χ3v) is 3.50. The van der Waals surface area contributed by atoms with Crippen molar-refractivity contribution in [3.63, 3.8) is 0 Å². The first-order valence-electron chi connectivity index (χ1n) is 6.26. The van der Waals surface area contributed by atoms with E-state index in [1.54, 1.807) is 6.92 Å². The molecule has 3 nitrogen and oxygen atoms in total. The maximum Gasteiger partial charge on any atom is 0.196 e. The van der Waals surface area contributed by atoms with E-state index in [0.29, 0.717) is 36.2 Å². The van der Waals surface area contributed by atoms with Crippen LogP contribution in [0.5, 0.6) is 0 Å². The van der Waals surface area contributed by atoms with Crippen LogP contribution in [0.4, 0.5) is 13.2 Å². The molecule has 0 saturated carbocycles. The van der Waals surface area contributed by atoms with Crippen molar-refractivity contribution in [2.24, 2.45) is 0 Å². The molecule has 0 bridgehead atoms. The lowest BCUT2D eigenvalue weighted by atomic mass is 9.94. The number of carbonyl (C=O) groups is 1. The summed E-state index contributed by atoms with van der Waals surface area (Å²) in [7, 11) is 0. The normalized spacial score (nSPS) is 14.5. The van der Waals surface area contributed by atoms with Crippen molar-refractivity contribution in [3.8, 4) is 5.69 Å². The molecule has 1 aromatic heterocycles. The van der Waals surface area contributed by atoms with Gasteiger partial charge in [0.05, 0.1) is 17.0 Å². The molecule has 6 heteroatoms. The quantitative estimate of drug-likeness (QED) is 0.752. The summed E-state index contributed by atoms with van der Waals surface area (Å²) in [6, 6.07) is 1.97. The van der Waals surface area contributed by atoms with Gasteiger partial charge in [0, 0.05) is 6.42 Å². The minimum atomic E-state index is -1.54. The molecule has 104 valence electrons. The van der Waals surface area contributed by atoms with Crippen molar-refractivity contribution in [1.29, 1.82) is 0 Å². The Kier molecular flexibility index (Phi) is 2.88. The zero-order valence-corrected chi connectivity index (χ0v) is 10.7. The molecule has 0 spiro atoms. The van der Waals surface area contributed by atoms with Gasteiger partial charge in [-0.05, 0) is 31.9 Å². The van der Waals surface area contributed by atoms with Gasteiger partial charge in [-0.1, -0.05) is 0 Å². The molecule has 0 atom stereocenters. The molecule has 0 saturated heterocycles. The molecule has 0 fully saturated rings. The van der Waals surface area contributed by atoms with Crippen molar-refractivity contribution in [3.05, 3.63) is 46.5 Å². The number of ketones is 1. The van der Waals surface area contributed by atoms with Gasteiger partial charge in [0.15, 0.2) is 23.2 Å². The lowest BCUT2D eigenvalue weighted by Gasteiger charge is -2.14. The number of aryl methyl sites for hydroxylation is 1. The second kappa shape index (κ2) is 4.47. The molecule has 1 aromatic carbocycles. The van der Waals surface area contributed by atoms with E-state index in [1.165, 1.54) is 4.68 Å². The summed E-state index contributed by atoms with van der Waals surface area (Å²) in [6.07, 6.45) is 1.63. The van der Waals surface area contributed by atoms with E-state index in [0.717, 1.165) is 12.1 Å². The first-order chi connectivity index (χ1) is 9.50. The Balaban J connectivity index is 2.24. The van der Waals surface area contributed by atoms with Crippen LogP contribution in [0.15, 0.2) is 12.1 Å². The van der Waals surface area contributed by atoms with Crippen LogP contribution in [0.1, 0.15) is 34.6 Å². The standard InChI is InChI=1S/C14H11F3N2O/c1-7-12-9(3-2-4-11(12)20)19(18-7)10-6-5-8(15)13(16)14(10)17/h5-6H,2-4H2,1H3. The fourth-order valence-electron chi connectivity index (χ4n) is 2.59. The SMILES string of the molecule is Cc1nn(-c2ccc(F)c(F)c2F)c2c1C(=O)CCC2. The third-order valence-electron chi connectivity index (χ3n) is 3.50. The van der Waals surface area contributed by atoms with Crippen molar-refractivity contribution in [2.75, 3.05) is 0 Å². The third kappa shape index (κ3) is 1.75. The van der Waals surface area contributed by atoms with Crippen molar-refractivity contribution < 1.29 is 18.0 Å². The molecule has 0 aliphatic heterocycles. The number of benzene rings is 1. The van der Waals surface area contributed by atoms with Gasteiger partial charge in [0.2, 0.25) is 0 Å². The lowest BCUT2D eigenvalue weighted by Crippen LogP contribution is -2.14. The van der Waals surface area contributed by atoms with E-state index in [4.69, 9.17) is 0 Å². The number of carbonyl (C=O) groups excluding carboxylic acids is 1. The van der Waals surface area contributed by atoms with Gasteiger partial charge in [0.25, 0.3) is 0 Å². The van der Waals surface area contributed by atoms with Crippen LogP contribution in [-0.2, 0) is 6.42 Å². The monoisotopic (exact) mass is 280 g/mol. The molecule has 2 aromatic rings. The number of nitrogens with zero attached hydrogens (tertiary/aromatic N) is 2. The zero-order valence-electron chi connectivity index (χ0n) is 10.7. The summed E-state index contributed by atoms with van der Waals surface area (Å²) in [4.78, 5) is 11.9. The van der Waals surface area contributed by atoms with Gasteiger partial charge in [-0.15, -0.1) is 0 Å². The molecule has 0 N–H and O–H groups in total. The molecule has 3 rings (SSSR count). The highest BCUT2D eigenvalue weighted by Gasteiger charge is 2.27. The van der Waals surface area contributed by atoms with E-state index in [1.807, 2.05) is 0 Å². The highest BCUT2D eigenvalue weighted by molar-refractivity contribution is 5.99. The number of aromatic nitrogens is 2. The first-order valence-corrected chi connectivity index (χ1v) is 6.26. The van der Waals surface area contributed by atoms with Crippen LogP contribution in [-0.4, -0.2) is 15.6 Å². The number of fused-ring (bicyclic) bond motifs is 1. The molecule has 1 aliphatic rings. The van der Waals surface area contributed by atoms with Crippen LogP contribution >= 0.6 is 0 Å². The summed E-state index contributed by atoms with van der Waals surface area (Å²) < 4.78 is 41.4. The van der Waals surface area contributed by atoms with E-state index in [2.05, 4.69) is 5.10 Å². The van der Waals surface area contributed by atoms with Gasteiger partial charge in [-0.25, -0.2) is 17.9 Å². The summed E-state index contributed by atoms with van der Waals surface area (Å²) in [5.74, 6) is -4.13. The molecular weight excluding hydrogens is 269 g/mol. The maximum atomic E-state index is 13.9. The summed E-state index contributed by atoms with van der Waals surface area (Å²) >= 11 is 0. The Hall–Kier alpha value is -2.11. The van der Waals surface area contributed by atoms with Gasteiger partial charge in [-0.3, -0.25) is 4.79 Å². The minimum absolute atomic E-state index is 0.0435. The first kappa shape index (κ1) is 12.9. The number of Topliss-reactive ketones (excluding diaryl/α,β-unsaturated/α-hetero) is 1. The van der Waals surface area contributed by atoms with Crippen LogP contribution in [0.25, 0.3) is 5.69 Å². The van der Waals surface area contributed by atoms with E-state index in [9.17, 15) is 18.0 Å². The molecular formula is C14H11F3N2O. The Bertz CT molecular complexity index is 722. The Morgan fingerprint density at radius 2 is 1.90 bits per heavy atom. The lowest BCUT2D eigenvalue weighted by molar-refractivity contribution is 0.0971. The Morgan fingerprint density at radius 1 is 1.15 bits per heavy atom. The highest BCUT2D eigenvalue weighted by atomic mass is 19.2. The van der Waals surface area contributed by atoms with Crippen LogP contribution in [0.2, 0.25) is 0 Å². The van der Waals surface area contributed by atoms with Gasteiger partial charge in [-0.2, -0.15) is 5.10 Å². The fourth-order valence-corrected chi connectivity index (χ4v) is 2.59. The Morgan fingerprint density at radius 3 is 2.65 bits per heavy atom. The Labute approximate surface area is 113 Å². The molecule has 1 aliphatic carbocycles. The van der Waals surface area contributed by atoms with Crippen molar-refractivity contribution in [2.45, 2.75) is 26.2 Å². The number of hydrogen-bond donors (Lipinski definition) is 0. The maximum absolute atomic E-state index is 13.9. The van der Waals surface area contributed by atoms with Crippen molar-refractivity contribution >= 4 is 5.78 Å². The molecule has 0 radical (unpaired) electrons. The molecule has 0 amide bonds. The predicted octanol–water partition coefficient (Wildman–Crippen LogP) is 3.12. The zero-order chi connectivity index (χ0) is 14.4. The van der Waals surface area contributed by atoms with Crippen LogP contribution in [0, 0.1) is 24.4 Å². The van der Waals surface area contributed by atoms with Crippen LogP contribution < -0.4 is 0 Å². The summed E-state index contributed by atoms with van der Waals surface area (Å²) in [5.41, 5.74) is 1.33. The van der Waals surface area contributed by atoms with Gasteiger partial charge < -0.3 is 0 Å². The van der Waals surface area contributed by atoms with Gasteiger partial charge in [0.1, 0.15) is 5.69 Å². The summed E-state index contributed by atoms with van der Waals surface area (Å²) in [6.45, 7) is 1.65. The average molecular weight is 280 g/mol. The molecule has 20 heavy (non-hydrogen) atoms. The largest absolute Gasteiger partial charge is 0.294 e. The van der Waals surface area contributed by atoms with Gasteiger partial charge >= 0.3 is 0 Å². The second-order valence-electron chi connectivity index (χ2n) is 4.79. The molecule has 1 heterocycles. The fraction of sp³-hybridized carbons (Fsp3) is 0.286. The minimum Gasteiger partial charge on any atom is -0.294 e. The van der Waals surface area contributed by atoms with E-state index in [-0.39, 0.29) is 11.5 Å². The highest BCUT2D eigenvalue weighted by Crippen LogP contribution is 2.28. The van der Waals surface area contributed by atoms with Crippen molar-refractivity contribution in [1.82, 2.24) is 9.78 Å². The smallest absolute Gasteiger partial charge is 0.196 e. The number of halogens is 3. The van der Waals surface area contributed by atoms with E-state index >= 15 is 0 Å². The molecule has 0 unspecified atom stereocenters.